The van der Waals surface area contributed by atoms with Crippen LogP contribution in [0.2, 0.25) is 5.02 Å². The first-order chi connectivity index (χ1) is 14.5. The second kappa shape index (κ2) is 6.94. The van der Waals surface area contributed by atoms with E-state index in [-0.39, 0.29) is 11.7 Å². The lowest BCUT2D eigenvalue weighted by atomic mass is 9.99. The average Bonchev–Trinajstić information content (AvgIpc) is 3.09. The maximum atomic E-state index is 13.0. The van der Waals surface area contributed by atoms with Gasteiger partial charge in [-0.25, -0.2) is 4.98 Å². The van der Waals surface area contributed by atoms with Gasteiger partial charge in [-0.1, -0.05) is 26.3 Å². The number of carbonyl (C=O) groups is 1. The highest BCUT2D eigenvalue weighted by molar-refractivity contribution is 7.51. The summed E-state index contributed by atoms with van der Waals surface area (Å²) in [6.07, 6.45) is 13.5. The summed E-state index contributed by atoms with van der Waals surface area (Å²) in [5.41, 5.74) is 3.82. The molecule has 2 fully saturated rings. The van der Waals surface area contributed by atoms with Crippen molar-refractivity contribution in [3.63, 3.8) is 0 Å². The molecule has 8 heteroatoms. The fourth-order valence-electron chi connectivity index (χ4n) is 4.77. The Morgan fingerprint density at radius 1 is 1.23 bits per heavy atom. The topological polar surface area (TPSA) is 44.1 Å². The van der Waals surface area contributed by atoms with Gasteiger partial charge in [-0.15, -0.1) is 0 Å². The number of piperazine rings is 1. The molecule has 4 aliphatic rings. The predicted octanol–water partition coefficient (Wildman–Crippen LogP) is 3.28. The standard InChI is InChI=1S/C22H23ClN5OP/c1-14-10-27-11-15(8-18(23)22(27)24-14)19-9-20(29)28-13-16(2-3-21(28)30-19)26-7-6-25-5-4-17(25)12-26/h2-3,8-11,13,17,21,30H,4-7,12H2,1H3. The van der Waals surface area contributed by atoms with Crippen LogP contribution in [0.5, 0.6) is 0 Å². The normalized spacial score (nSPS) is 27.1. The highest BCUT2D eigenvalue weighted by atomic mass is 35.5. The van der Waals surface area contributed by atoms with E-state index in [2.05, 4.69) is 33.1 Å². The predicted molar refractivity (Wildman–Crippen MR) is 121 cm³/mol. The first-order valence-electron chi connectivity index (χ1n) is 10.4. The van der Waals surface area contributed by atoms with E-state index in [9.17, 15) is 4.79 Å². The largest absolute Gasteiger partial charge is 0.368 e. The lowest BCUT2D eigenvalue weighted by molar-refractivity contribution is -0.123. The van der Waals surface area contributed by atoms with Crippen LogP contribution in [0, 0.1) is 6.92 Å². The fraction of sp³-hybridized carbons (Fsp3) is 0.364. The molecule has 0 radical (unpaired) electrons. The maximum absolute atomic E-state index is 13.0. The zero-order chi connectivity index (χ0) is 20.4. The van der Waals surface area contributed by atoms with Gasteiger partial charge in [0, 0.05) is 62.5 Å². The molecular formula is C22H23ClN5OP. The molecule has 3 atom stereocenters. The number of pyridine rings is 1. The van der Waals surface area contributed by atoms with Crippen LogP contribution in [0.1, 0.15) is 17.7 Å². The number of nitrogens with zero attached hydrogens (tertiary/aromatic N) is 5. The summed E-state index contributed by atoms with van der Waals surface area (Å²) in [6.45, 7) is 6.41. The van der Waals surface area contributed by atoms with E-state index in [1.165, 1.54) is 13.0 Å². The molecule has 3 unspecified atom stereocenters. The smallest absolute Gasteiger partial charge is 0.252 e. The van der Waals surface area contributed by atoms with Crippen LogP contribution in [0.4, 0.5) is 0 Å². The number of rotatable bonds is 2. The molecule has 0 saturated carbocycles. The Morgan fingerprint density at radius 2 is 2.13 bits per heavy atom. The van der Waals surface area contributed by atoms with Gasteiger partial charge >= 0.3 is 0 Å². The first kappa shape index (κ1) is 18.6. The molecule has 4 aliphatic heterocycles. The minimum absolute atomic E-state index is 0.0379. The lowest BCUT2D eigenvalue weighted by Gasteiger charge is -2.50. The lowest BCUT2D eigenvalue weighted by Crippen LogP contribution is -2.60. The third-order valence-corrected chi connectivity index (χ3v) is 8.29. The van der Waals surface area contributed by atoms with Gasteiger partial charge < -0.3 is 14.2 Å². The molecule has 6 heterocycles. The highest BCUT2D eigenvalue weighted by Crippen LogP contribution is 2.45. The van der Waals surface area contributed by atoms with Crippen molar-refractivity contribution in [2.45, 2.75) is 25.2 Å². The van der Waals surface area contributed by atoms with Crippen LogP contribution in [0.25, 0.3) is 11.0 Å². The number of fused-ring (bicyclic) bond motifs is 3. The van der Waals surface area contributed by atoms with E-state index in [0.717, 1.165) is 47.6 Å². The van der Waals surface area contributed by atoms with Crippen molar-refractivity contribution in [3.05, 3.63) is 64.9 Å². The van der Waals surface area contributed by atoms with Crippen molar-refractivity contribution < 1.29 is 4.79 Å². The SMILES string of the molecule is Cc1cn2cc(C3=CC(=O)N4C=C(N5CCN6CCC6C5)C=CC4P3)cc(Cl)c2n1. The van der Waals surface area contributed by atoms with Gasteiger partial charge in [-0.05, 0) is 30.8 Å². The third kappa shape index (κ3) is 3.01. The summed E-state index contributed by atoms with van der Waals surface area (Å²) in [6, 6.07) is 2.61. The van der Waals surface area contributed by atoms with Crippen LogP contribution in [0.15, 0.2) is 48.6 Å². The molecule has 1 amide bonds. The van der Waals surface area contributed by atoms with Crippen molar-refractivity contribution in [1.29, 1.82) is 0 Å². The summed E-state index contributed by atoms with van der Waals surface area (Å²) in [7, 11) is 0.477. The van der Waals surface area contributed by atoms with Crippen LogP contribution in [-0.2, 0) is 4.79 Å². The molecule has 0 aliphatic carbocycles. The highest BCUT2D eigenvalue weighted by Gasteiger charge is 2.35. The number of carbonyl (C=O) groups excluding carboxylic acids is 1. The number of aromatic nitrogens is 2. The molecule has 6 nitrogen and oxygen atoms in total. The molecule has 6 rings (SSSR count). The van der Waals surface area contributed by atoms with Crippen LogP contribution < -0.4 is 0 Å². The number of hydrogen-bond donors (Lipinski definition) is 0. The Bertz CT molecular complexity index is 1150. The third-order valence-electron chi connectivity index (χ3n) is 6.50. The molecule has 2 aromatic rings. The average molecular weight is 440 g/mol. The van der Waals surface area contributed by atoms with E-state index in [0.29, 0.717) is 19.6 Å². The van der Waals surface area contributed by atoms with Gasteiger partial charge in [0.25, 0.3) is 5.91 Å². The molecule has 2 saturated heterocycles. The summed E-state index contributed by atoms with van der Waals surface area (Å²) >= 11 is 6.47. The molecule has 2 aromatic heterocycles. The van der Waals surface area contributed by atoms with Gasteiger partial charge in [-0.3, -0.25) is 9.69 Å². The minimum atomic E-state index is 0.0379. The van der Waals surface area contributed by atoms with Crippen molar-refractivity contribution in [1.82, 2.24) is 24.1 Å². The van der Waals surface area contributed by atoms with Crippen molar-refractivity contribution >= 4 is 37.1 Å². The van der Waals surface area contributed by atoms with E-state index >= 15 is 0 Å². The van der Waals surface area contributed by atoms with Gasteiger partial charge in [0.05, 0.1) is 22.2 Å². The molecule has 154 valence electrons. The minimum Gasteiger partial charge on any atom is -0.368 e. The Labute approximate surface area is 182 Å². The summed E-state index contributed by atoms with van der Waals surface area (Å²) < 4.78 is 1.95. The van der Waals surface area contributed by atoms with Gasteiger partial charge in [0.1, 0.15) is 0 Å². The van der Waals surface area contributed by atoms with Gasteiger partial charge in [0.2, 0.25) is 0 Å². The zero-order valence-corrected chi connectivity index (χ0v) is 18.5. The summed E-state index contributed by atoms with van der Waals surface area (Å²) in [4.78, 5) is 24.4. The monoisotopic (exact) mass is 439 g/mol. The zero-order valence-electron chi connectivity index (χ0n) is 16.8. The Morgan fingerprint density at radius 3 is 2.93 bits per heavy atom. The number of amides is 1. The number of aryl methyl sites for hydroxylation is 1. The second-order valence-electron chi connectivity index (χ2n) is 8.42. The van der Waals surface area contributed by atoms with Crippen molar-refractivity contribution in [3.8, 4) is 0 Å². The van der Waals surface area contributed by atoms with E-state index < -0.39 is 0 Å². The van der Waals surface area contributed by atoms with E-state index in [1.807, 2.05) is 34.7 Å². The second-order valence-corrected chi connectivity index (χ2v) is 10.2. The van der Waals surface area contributed by atoms with E-state index in [4.69, 9.17) is 11.6 Å². The fourth-order valence-corrected chi connectivity index (χ4v) is 6.39. The number of hydrogen-bond acceptors (Lipinski definition) is 4. The van der Waals surface area contributed by atoms with Crippen LogP contribution in [-0.4, -0.2) is 68.0 Å². The molecule has 30 heavy (non-hydrogen) atoms. The van der Waals surface area contributed by atoms with Crippen molar-refractivity contribution in [2.24, 2.45) is 0 Å². The van der Waals surface area contributed by atoms with Crippen LogP contribution in [0.3, 0.4) is 0 Å². The van der Waals surface area contributed by atoms with E-state index in [1.54, 1.807) is 6.08 Å². The molecule has 0 N–H and O–H groups in total. The molecule has 0 spiro atoms. The maximum Gasteiger partial charge on any atom is 0.252 e. The Hall–Kier alpha value is -2.14. The molecular weight excluding hydrogens is 417 g/mol. The number of imidazole rings is 1. The molecule has 0 bridgehead atoms. The van der Waals surface area contributed by atoms with Crippen molar-refractivity contribution in [2.75, 3.05) is 26.2 Å². The Kier molecular flexibility index (Phi) is 4.31. The summed E-state index contributed by atoms with van der Waals surface area (Å²) in [5.74, 6) is 0.112. The number of halogens is 1. The van der Waals surface area contributed by atoms with Gasteiger partial charge in [-0.2, -0.15) is 0 Å². The number of allylic oxidation sites excluding steroid dienone is 1. The Balaban J connectivity index is 1.27. The first-order valence-corrected chi connectivity index (χ1v) is 11.9. The van der Waals surface area contributed by atoms with Crippen LogP contribution >= 0.6 is 20.2 Å². The quantitative estimate of drug-likeness (QED) is 0.674. The summed E-state index contributed by atoms with van der Waals surface area (Å²) in [5, 5.41) is 1.65. The molecule has 0 aromatic carbocycles. The van der Waals surface area contributed by atoms with Gasteiger partial charge in [0.15, 0.2) is 5.65 Å².